The zero-order valence-electron chi connectivity index (χ0n) is 13.6. The van der Waals surface area contributed by atoms with Gasteiger partial charge in [0.05, 0.1) is 0 Å². The normalized spacial score (nSPS) is 13.1. The maximum absolute atomic E-state index is 12.4. The van der Waals surface area contributed by atoms with Gasteiger partial charge >= 0.3 is 0 Å². The van der Waals surface area contributed by atoms with Crippen molar-refractivity contribution in [2.24, 2.45) is 23.5 Å². The standard InChI is InChI=1S/C16H34N2O/c1-6-14(7-2)12-18(8-3)16(19)10-15(11-17)9-13(4)5/h13-15H,6-12,17H2,1-5H3/t15-/m0/s1. The van der Waals surface area contributed by atoms with Gasteiger partial charge in [-0.1, -0.05) is 40.5 Å². The van der Waals surface area contributed by atoms with Crippen molar-refractivity contribution in [2.45, 2.75) is 60.3 Å². The number of amides is 1. The van der Waals surface area contributed by atoms with Crippen LogP contribution in [0.15, 0.2) is 0 Å². The fourth-order valence-corrected chi connectivity index (χ4v) is 2.57. The second-order valence-corrected chi connectivity index (χ2v) is 6.05. The molecule has 0 saturated heterocycles. The van der Waals surface area contributed by atoms with Crippen molar-refractivity contribution in [3.63, 3.8) is 0 Å². The third-order valence-corrected chi connectivity index (χ3v) is 3.97. The summed E-state index contributed by atoms with van der Waals surface area (Å²) in [5.74, 6) is 1.86. The summed E-state index contributed by atoms with van der Waals surface area (Å²) in [7, 11) is 0. The SMILES string of the molecule is CCC(CC)CN(CC)C(=O)C[C@@H](CN)CC(C)C. The van der Waals surface area contributed by atoms with Gasteiger partial charge in [0.15, 0.2) is 0 Å². The maximum atomic E-state index is 12.4. The molecule has 0 heterocycles. The van der Waals surface area contributed by atoms with E-state index in [0.717, 1.165) is 32.4 Å². The van der Waals surface area contributed by atoms with E-state index in [2.05, 4.69) is 34.6 Å². The van der Waals surface area contributed by atoms with E-state index in [-0.39, 0.29) is 5.91 Å². The van der Waals surface area contributed by atoms with Gasteiger partial charge in [-0.15, -0.1) is 0 Å². The number of carbonyl (C=O) groups is 1. The van der Waals surface area contributed by atoms with Crippen LogP contribution >= 0.6 is 0 Å². The Labute approximate surface area is 119 Å². The Morgan fingerprint density at radius 3 is 2.05 bits per heavy atom. The number of nitrogens with two attached hydrogens (primary N) is 1. The van der Waals surface area contributed by atoms with E-state index < -0.39 is 0 Å². The lowest BCUT2D eigenvalue weighted by molar-refractivity contribution is -0.132. The van der Waals surface area contributed by atoms with Crippen molar-refractivity contribution in [1.82, 2.24) is 4.90 Å². The fourth-order valence-electron chi connectivity index (χ4n) is 2.57. The van der Waals surface area contributed by atoms with Crippen molar-refractivity contribution >= 4 is 5.91 Å². The summed E-state index contributed by atoms with van der Waals surface area (Å²) >= 11 is 0. The van der Waals surface area contributed by atoms with E-state index >= 15 is 0 Å². The van der Waals surface area contributed by atoms with Crippen LogP contribution in [0.4, 0.5) is 0 Å². The average molecular weight is 270 g/mol. The molecular weight excluding hydrogens is 236 g/mol. The van der Waals surface area contributed by atoms with Crippen LogP contribution in [0, 0.1) is 17.8 Å². The van der Waals surface area contributed by atoms with Crippen molar-refractivity contribution in [1.29, 1.82) is 0 Å². The molecule has 0 saturated carbocycles. The average Bonchev–Trinajstić information content (AvgIpc) is 2.38. The molecule has 0 aliphatic heterocycles. The lowest BCUT2D eigenvalue weighted by Crippen LogP contribution is -2.37. The van der Waals surface area contributed by atoms with E-state index in [4.69, 9.17) is 5.73 Å². The highest BCUT2D eigenvalue weighted by molar-refractivity contribution is 5.76. The van der Waals surface area contributed by atoms with Gasteiger partial charge < -0.3 is 10.6 Å². The molecule has 114 valence electrons. The molecule has 0 rings (SSSR count). The van der Waals surface area contributed by atoms with Crippen molar-refractivity contribution in [2.75, 3.05) is 19.6 Å². The Bertz CT molecular complexity index is 237. The molecule has 0 fully saturated rings. The van der Waals surface area contributed by atoms with E-state index in [9.17, 15) is 4.79 Å². The fraction of sp³-hybridized carbons (Fsp3) is 0.938. The molecule has 1 atom stereocenters. The molecule has 0 aromatic carbocycles. The molecular formula is C16H34N2O. The number of rotatable bonds is 10. The summed E-state index contributed by atoms with van der Waals surface area (Å²) in [6.07, 6.45) is 3.95. The van der Waals surface area contributed by atoms with Crippen LogP contribution in [-0.4, -0.2) is 30.4 Å². The maximum Gasteiger partial charge on any atom is 0.222 e. The number of nitrogens with zero attached hydrogens (tertiary/aromatic N) is 1. The summed E-state index contributed by atoms with van der Waals surface area (Å²) in [6.45, 7) is 13.2. The van der Waals surface area contributed by atoms with Crippen LogP contribution in [0.5, 0.6) is 0 Å². The first-order chi connectivity index (χ1) is 8.98. The molecule has 3 heteroatoms. The van der Waals surface area contributed by atoms with Gasteiger partial charge in [-0.25, -0.2) is 0 Å². The minimum absolute atomic E-state index is 0.283. The first kappa shape index (κ1) is 18.4. The first-order valence-corrected chi connectivity index (χ1v) is 7.96. The number of carbonyl (C=O) groups excluding carboxylic acids is 1. The highest BCUT2D eigenvalue weighted by Crippen LogP contribution is 2.17. The second kappa shape index (κ2) is 10.2. The van der Waals surface area contributed by atoms with Crippen LogP contribution in [-0.2, 0) is 4.79 Å². The summed E-state index contributed by atoms with van der Waals surface area (Å²) in [5.41, 5.74) is 5.79. The van der Waals surface area contributed by atoms with Crippen LogP contribution in [0.2, 0.25) is 0 Å². The number of hydrogen-bond acceptors (Lipinski definition) is 2. The van der Waals surface area contributed by atoms with Crippen LogP contribution < -0.4 is 5.73 Å². The van der Waals surface area contributed by atoms with Gasteiger partial charge in [0, 0.05) is 19.5 Å². The van der Waals surface area contributed by atoms with E-state index in [1.54, 1.807) is 0 Å². The number of hydrogen-bond donors (Lipinski definition) is 1. The highest BCUT2D eigenvalue weighted by Gasteiger charge is 2.20. The van der Waals surface area contributed by atoms with Crippen molar-refractivity contribution < 1.29 is 4.79 Å². The molecule has 0 radical (unpaired) electrons. The molecule has 0 aromatic rings. The van der Waals surface area contributed by atoms with Gasteiger partial charge in [0.25, 0.3) is 0 Å². The van der Waals surface area contributed by atoms with Crippen LogP contribution in [0.25, 0.3) is 0 Å². The highest BCUT2D eigenvalue weighted by atomic mass is 16.2. The largest absolute Gasteiger partial charge is 0.343 e. The summed E-state index contributed by atoms with van der Waals surface area (Å²) < 4.78 is 0. The lowest BCUT2D eigenvalue weighted by Gasteiger charge is -2.27. The van der Waals surface area contributed by atoms with Crippen molar-refractivity contribution in [3.05, 3.63) is 0 Å². The van der Waals surface area contributed by atoms with Gasteiger partial charge in [-0.05, 0) is 37.6 Å². The van der Waals surface area contributed by atoms with Gasteiger partial charge in [0.1, 0.15) is 0 Å². The summed E-state index contributed by atoms with van der Waals surface area (Å²) in [4.78, 5) is 14.4. The molecule has 19 heavy (non-hydrogen) atoms. The van der Waals surface area contributed by atoms with Crippen LogP contribution in [0.3, 0.4) is 0 Å². The van der Waals surface area contributed by atoms with E-state index in [0.29, 0.717) is 30.7 Å². The molecule has 0 aliphatic carbocycles. The minimum atomic E-state index is 0.283. The first-order valence-electron chi connectivity index (χ1n) is 7.96. The summed E-state index contributed by atoms with van der Waals surface area (Å²) in [6, 6.07) is 0. The molecule has 3 nitrogen and oxygen atoms in total. The molecule has 2 N–H and O–H groups in total. The molecule has 0 aromatic heterocycles. The lowest BCUT2D eigenvalue weighted by atomic mass is 9.93. The molecule has 0 bridgehead atoms. The topological polar surface area (TPSA) is 46.3 Å². The monoisotopic (exact) mass is 270 g/mol. The third-order valence-electron chi connectivity index (χ3n) is 3.97. The predicted octanol–water partition coefficient (Wildman–Crippen LogP) is 3.28. The molecule has 0 aliphatic rings. The third kappa shape index (κ3) is 7.56. The Hall–Kier alpha value is -0.570. The molecule has 1 amide bonds. The smallest absolute Gasteiger partial charge is 0.222 e. The van der Waals surface area contributed by atoms with Crippen LogP contribution in [0.1, 0.15) is 60.3 Å². The minimum Gasteiger partial charge on any atom is -0.343 e. The second-order valence-electron chi connectivity index (χ2n) is 6.05. The zero-order chi connectivity index (χ0) is 14.8. The molecule has 0 unspecified atom stereocenters. The van der Waals surface area contributed by atoms with E-state index in [1.807, 2.05) is 4.90 Å². The zero-order valence-corrected chi connectivity index (χ0v) is 13.6. The van der Waals surface area contributed by atoms with Gasteiger partial charge in [-0.3, -0.25) is 4.79 Å². The molecule has 0 spiro atoms. The Morgan fingerprint density at radius 1 is 1.11 bits per heavy atom. The Morgan fingerprint density at radius 2 is 1.68 bits per heavy atom. The van der Waals surface area contributed by atoms with E-state index in [1.165, 1.54) is 0 Å². The van der Waals surface area contributed by atoms with Crippen molar-refractivity contribution in [3.8, 4) is 0 Å². The van der Waals surface area contributed by atoms with Gasteiger partial charge in [-0.2, -0.15) is 0 Å². The predicted molar refractivity (Wildman–Crippen MR) is 82.9 cm³/mol. The Balaban J connectivity index is 4.40. The van der Waals surface area contributed by atoms with Gasteiger partial charge in [0.2, 0.25) is 5.91 Å². The quantitative estimate of drug-likeness (QED) is 0.662. The summed E-state index contributed by atoms with van der Waals surface area (Å²) in [5, 5.41) is 0. The Kier molecular flexibility index (Phi) is 9.94.